The van der Waals surface area contributed by atoms with Crippen LogP contribution >= 0.6 is 0 Å². The summed E-state index contributed by atoms with van der Waals surface area (Å²) in [6.45, 7) is 25.4. The fourth-order valence-electron chi connectivity index (χ4n) is 22.2. The van der Waals surface area contributed by atoms with Crippen molar-refractivity contribution in [1.29, 1.82) is 0 Å². The molecule has 5 atom stereocenters. The van der Waals surface area contributed by atoms with Crippen molar-refractivity contribution in [2.24, 2.45) is 29.6 Å². The van der Waals surface area contributed by atoms with Crippen molar-refractivity contribution in [3.63, 3.8) is 0 Å². The number of aliphatic hydroxyl groups is 5. The van der Waals surface area contributed by atoms with Gasteiger partial charge in [-0.25, -0.2) is 16.5 Å². The summed E-state index contributed by atoms with van der Waals surface area (Å²) in [4.78, 5) is 67.7. The number of fused-ring (bicyclic) bond motifs is 15. The zero-order valence-electron chi connectivity index (χ0n) is 85.7. The van der Waals surface area contributed by atoms with Crippen molar-refractivity contribution in [3.05, 3.63) is 391 Å². The minimum Gasteiger partial charge on any atom is -0.376 e. The van der Waals surface area contributed by atoms with E-state index in [-0.39, 0.29) is 29.5 Å². The van der Waals surface area contributed by atoms with Crippen LogP contribution in [0.2, 0.25) is 0 Å². The van der Waals surface area contributed by atoms with Gasteiger partial charge in [-0.05, 0) is 262 Å². The second kappa shape index (κ2) is 50.3. The normalized spacial score (nSPS) is 24.9. The van der Waals surface area contributed by atoms with E-state index >= 15 is 0 Å². The van der Waals surface area contributed by atoms with Crippen LogP contribution < -0.4 is 0 Å². The number of carbonyl (C=O) groups excluding carboxylic acids is 1. The molecule has 7 aromatic heterocycles. The number of carbonyl (C=O) groups is 1. The molecule has 15 saturated heterocycles. The maximum Gasteiger partial charge on any atom is 0.220 e. The van der Waals surface area contributed by atoms with Gasteiger partial charge in [-0.15, -0.1) is 0 Å². The molecule has 27 rings (SSSR count). The Morgan fingerprint density at radius 1 is 0.342 bits per heavy atom. The first-order chi connectivity index (χ1) is 72.7. The number of hydrogen-bond acceptors (Lipinski definition) is 20. The molecule has 5 N–H and O–H groups in total. The first-order valence-corrected chi connectivity index (χ1v) is 53.3. The number of aryl methyl sites for hydroxylation is 3. The Hall–Kier alpha value is -14.1. The maximum absolute atomic E-state index is 11.7. The number of rotatable bonds is 20. The molecule has 15 aliphatic heterocycles. The van der Waals surface area contributed by atoms with Gasteiger partial charge < -0.3 is 30.4 Å². The summed E-state index contributed by atoms with van der Waals surface area (Å²) in [5.74, 6) is 40.3. The molecule has 15 fully saturated rings. The van der Waals surface area contributed by atoms with E-state index in [1.165, 1.54) is 22.3 Å². The van der Waals surface area contributed by atoms with Gasteiger partial charge in [0.1, 0.15) is 45.2 Å². The van der Waals surface area contributed by atoms with Crippen molar-refractivity contribution in [2.45, 2.75) is 177 Å². The van der Waals surface area contributed by atoms with Crippen LogP contribution in [0, 0.1) is 107 Å². The molecule has 21 nitrogen and oxygen atoms in total. The van der Waals surface area contributed by atoms with Crippen molar-refractivity contribution >= 4 is 11.9 Å². The van der Waals surface area contributed by atoms with E-state index in [0.717, 1.165) is 246 Å². The zero-order chi connectivity index (χ0) is 103. The van der Waals surface area contributed by atoms with Crippen LogP contribution in [-0.4, -0.2) is 233 Å². The summed E-state index contributed by atoms with van der Waals surface area (Å²) in [6.07, 6.45) is 31.8. The second-order valence-corrected chi connectivity index (χ2v) is 41.3. The minimum absolute atomic E-state index is 0.252. The largest absolute Gasteiger partial charge is 0.376 e. The van der Waals surface area contributed by atoms with Crippen LogP contribution in [0.5, 0.6) is 0 Å². The van der Waals surface area contributed by atoms with E-state index < -0.39 is 28.0 Å². The van der Waals surface area contributed by atoms with Crippen LogP contribution in [0.25, 0.3) is 10.9 Å². The maximum atomic E-state index is 11.7. The van der Waals surface area contributed by atoms with E-state index in [2.05, 4.69) is 205 Å². The zero-order valence-corrected chi connectivity index (χ0v) is 85.7. The average Bonchev–Trinajstić information content (AvgIpc) is 0.794. The number of ketones is 1. The highest BCUT2D eigenvalue weighted by atomic mass is 16.3. The molecular weight excluding hydrogens is 1840 g/mol. The third-order valence-electron chi connectivity index (χ3n) is 30.9. The molecular formula is C128H133N15O6. The van der Waals surface area contributed by atoms with Crippen LogP contribution in [0.1, 0.15) is 215 Å². The summed E-state index contributed by atoms with van der Waals surface area (Å²) < 4.78 is 0. The first kappa shape index (κ1) is 105. The van der Waals surface area contributed by atoms with Crippen molar-refractivity contribution < 1.29 is 30.3 Å². The predicted octanol–water partition coefficient (Wildman–Crippen LogP) is 15.6. The molecule has 0 saturated carbocycles. The SMILES string of the molecule is C/C=C/c1ccc(C#CC2(O)CN3CCC2CC3)c(Cc2ccccc2)n1.CCC(=O)CCc1ccc(C#CC2(O)CN3CCC2CC3)c(Cc2ccccc2)n1.OC1(C#Cc2ccc(C#Cc3cnccn3)nc2Cc2ccccc2)CN2CCC1CC2.OC1(C#Cc2ccc(CCc3cnccn3)nc2Cc2ccccc2)CN2CCC1CC2.[C-]#[N+]CCc1ccc(C#CC2(O)CN3CCC2CC3)c(Cc2ccccc2)n1. The van der Waals surface area contributed by atoms with Gasteiger partial charge in [-0.1, -0.05) is 224 Å². The standard InChI is InChI=1S/C27H28N4O.C27H24N4O.C26H30N2O2.C24H25N3O.C24H26N2O/c2*32-27(20-31-16-11-23(27)12-17-31)13-10-22-6-7-24(8-9-25-19-28-14-15-29-25)30-26(22)18-21-4-2-1-3-5-21;1-2-24(29)11-10-23-9-8-21(25(27-23)18-20-6-4-3-5-7-20)12-15-26(30)19-28-16-13-22(26)14-17-28;1-25-14-10-22-8-7-20(23(26-22)17-19-5-3-2-4-6-19)9-13-24(28)18-27-15-11-21(24)12-16-27;1-2-6-22-10-9-20(23(25-22)17-19-7-4-3-5-8-19)11-14-24(27)18-26-15-12-21(24)13-16-26/h1-7,14-15,19,23,32H,8-9,11-12,16-18,20H2;1-7,14-15,19,23,32H,11-12,16-18,20H2;3-9,22,30H,2,10-11,13-14,16-19H2,1H3;2-8,21,28H,10-12,14-18H2;2-10,21,27H,12-13,15-18H2,1H3/b;;;;6-2+. The van der Waals surface area contributed by atoms with Gasteiger partial charge >= 0.3 is 0 Å². The highest BCUT2D eigenvalue weighted by Crippen LogP contribution is 2.41. The minimum atomic E-state index is -0.940. The molecule has 10 bridgehead atoms. The monoisotopic (exact) mass is 1980 g/mol. The second-order valence-electron chi connectivity index (χ2n) is 41.3. The quantitative estimate of drug-likeness (QED) is 0.0351. The van der Waals surface area contributed by atoms with E-state index in [1.807, 2.05) is 153 Å². The number of nitrogens with zero attached hydrogens (tertiary/aromatic N) is 15. The van der Waals surface area contributed by atoms with E-state index in [4.69, 9.17) is 31.5 Å². The van der Waals surface area contributed by atoms with Gasteiger partial charge in [-0.2, -0.15) is 0 Å². The van der Waals surface area contributed by atoms with Gasteiger partial charge in [-0.3, -0.25) is 64.2 Å². The Morgan fingerprint density at radius 3 is 0.953 bits per heavy atom. The smallest absolute Gasteiger partial charge is 0.220 e. The molecule has 0 amide bonds. The molecule has 5 unspecified atom stereocenters. The first-order valence-electron chi connectivity index (χ1n) is 53.3. The Kier molecular flexibility index (Phi) is 35.3. The average molecular weight is 1980 g/mol. The predicted molar refractivity (Wildman–Crippen MR) is 583 cm³/mol. The van der Waals surface area contributed by atoms with Crippen LogP contribution in [0.4, 0.5) is 0 Å². The van der Waals surface area contributed by atoms with E-state index in [1.54, 1.807) is 37.2 Å². The summed E-state index contributed by atoms with van der Waals surface area (Å²) in [6, 6.07) is 71.3. The van der Waals surface area contributed by atoms with Crippen LogP contribution in [-0.2, 0) is 62.6 Å². The Morgan fingerprint density at radius 2 is 0.644 bits per heavy atom. The summed E-state index contributed by atoms with van der Waals surface area (Å²) in [5.41, 5.74) is 16.4. The lowest BCUT2D eigenvalue weighted by molar-refractivity contribution is -0.118. The van der Waals surface area contributed by atoms with Gasteiger partial charge in [0.25, 0.3) is 0 Å². The molecule has 5 aromatic carbocycles. The fourth-order valence-corrected chi connectivity index (χ4v) is 22.2. The van der Waals surface area contributed by atoms with Gasteiger partial charge in [0.05, 0.1) is 52.5 Å². The molecule has 15 aliphatic rings. The van der Waals surface area contributed by atoms with E-state index in [9.17, 15) is 30.3 Å². The number of hydrogen-bond donors (Lipinski definition) is 5. The molecule has 756 valence electrons. The highest BCUT2D eigenvalue weighted by Gasteiger charge is 2.49. The Balaban J connectivity index is 0.000000122. The lowest BCUT2D eigenvalue weighted by atomic mass is 9.75. The third-order valence-corrected chi connectivity index (χ3v) is 30.9. The molecule has 21 heteroatoms. The summed E-state index contributed by atoms with van der Waals surface area (Å²) in [7, 11) is 0. The van der Waals surface area contributed by atoms with Crippen molar-refractivity contribution in [3.8, 4) is 71.0 Å². The van der Waals surface area contributed by atoms with Crippen molar-refractivity contribution in [1.82, 2.24) is 69.4 Å². The highest BCUT2D eigenvalue weighted by molar-refractivity contribution is 5.78. The Labute approximate surface area is 879 Å². The number of allylic oxidation sites excluding steroid dienone is 1. The number of piperidine rings is 15. The lowest BCUT2D eigenvalue weighted by Crippen LogP contribution is -2.58. The van der Waals surface area contributed by atoms with Gasteiger partial charge in [0.2, 0.25) is 6.54 Å². The molecule has 22 heterocycles. The number of Topliss-reactive ketones (excluding diaryl/α,β-unsaturated/α-hetero) is 1. The fraction of sp³-hybridized carbons (Fsp3) is 0.383. The third kappa shape index (κ3) is 28.5. The van der Waals surface area contributed by atoms with Crippen LogP contribution in [0.15, 0.2) is 256 Å². The number of pyridine rings is 5. The molecule has 0 spiro atoms. The topological polar surface area (TPSA) is 255 Å². The molecule has 0 radical (unpaired) electrons. The number of benzene rings is 5. The molecule has 12 aromatic rings. The molecule has 0 aliphatic carbocycles. The molecule has 149 heavy (non-hydrogen) atoms. The van der Waals surface area contributed by atoms with Gasteiger partial charge in [0, 0.05) is 183 Å². The summed E-state index contributed by atoms with van der Waals surface area (Å²) >= 11 is 0. The van der Waals surface area contributed by atoms with Gasteiger partial charge in [0.15, 0.2) is 0 Å². The van der Waals surface area contributed by atoms with Crippen molar-refractivity contribution in [2.75, 3.05) is 105 Å². The lowest BCUT2D eigenvalue weighted by Gasteiger charge is -2.47. The van der Waals surface area contributed by atoms with Crippen LogP contribution in [0.3, 0.4) is 0 Å². The number of aromatic nitrogens is 9. The summed E-state index contributed by atoms with van der Waals surface area (Å²) in [5, 5.41) is 55.8. The Bertz CT molecular complexity index is 7050. The van der Waals surface area contributed by atoms with E-state index in [0.29, 0.717) is 102 Å².